The van der Waals surface area contributed by atoms with Gasteiger partial charge in [0.25, 0.3) is 0 Å². The summed E-state index contributed by atoms with van der Waals surface area (Å²) in [5.41, 5.74) is -0.0188. The first-order valence-electron chi connectivity index (χ1n) is 3.54. The smallest absolute Gasteiger partial charge is 0.120 e. The predicted octanol–water partition coefficient (Wildman–Crippen LogP) is 2.72. The van der Waals surface area contributed by atoms with Crippen LogP contribution in [0.25, 0.3) is 0 Å². The van der Waals surface area contributed by atoms with E-state index in [-0.39, 0.29) is 5.83 Å². The number of hydrogen-bond donors (Lipinski definition) is 0. The van der Waals surface area contributed by atoms with E-state index in [1.807, 2.05) is 19.1 Å². The maximum atomic E-state index is 13.1. The molecular formula is C9H10FN. The largest absolute Gasteiger partial charge is 0.210 e. The standard InChI is InChI=1S/C9H10FN/c1-7-3-4-9(2,6-11)8(10)5-7/h3,5H,4H2,1-2H3. The third-order valence-corrected chi connectivity index (χ3v) is 1.96. The zero-order valence-electron chi connectivity index (χ0n) is 6.69. The van der Waals surface area contributed by atoms with E-state index in [2.05, 4.69) is 0 Å². The van der Waals surface area contributed by atoms with Crippen LogP contribution >= 0.6 is 0 Å². The van der Waals surface area contributed by atoms with Crippen molar-refractivity contribution in [3.8, 4) is 6.07 Å². The van der Waals surface area contributed by atoms with Gasteiger partial charge < -0.3 is 0 Å². The van der Waals surface area contributed by atoms with Crippen molar-refractivity contribution in [1.29, 1.82) is 5.26 Å². The molecule has 11 heavy (non-hydrogen) atoms. The molecule has 1 atom stereocenters. The van der Waals surface area contributed by atoms with Gasteiger partial charge in [-0.15, -0.1) is 0 Å². The van der Waals surface area contributed by atoms with Crippen LogP contribution in [0.2, 0.25) is 0 Å². The SMILES string of the molecule is CC1=CCC(C)(C#N)C(F)=C1. The quantitative estimate of drug-likeness (QED) is 0.522. The molecule has 0 N–H and O–H groups in total. The Kier molecular flexibility index (Phi) is 1.82. The molecule has 0 amide bonds. The molecule has 0 aliphatic heterocycles. The number of nitrogens with zero attached hydrogens (tertiary/aromatic N) is 1. The van der Waals surface area contributed by atoms with E-state index in [0.717, 1.165) is 5.57 Å². The van der Waals surface area contributed by atoms with E-state index in [0.29, 0.717) is 6.42 Å². The number of allylic oxidation sites excluding steroid dienone is 4. The van der Waals surface area contributed by atoms with Crippen molar-refractivity contribution in [2.24, 2.45) is 5.41 Å². The van der Waals surface area contributed by atoms with Crippen LogP contribution in [0, 0.1) is 16.7 Å². The Morgan fingerprint density at radius 1 is 1.73 bits per heavy atom. The summed E-state index contributed by atoms with van der Waals surface area (Å²) in [6, 6.07) is 1.96. The van der Waals surface area contributed by atoms with Crippen LogP contribution in [0.3, 0.4) is 0 Å². The van der Waals surface area contributed by atoms with Crippen LogP contribution in [-0.4, -0.2) is 0 Å². The molecule has 0 aromatic carbocycles. The molecule has 1 aliphatic rings. The molecule has 0 heterocycles. The average Bonchev–Trinajstić information content (AvgIpc) is 1.98. The summed E-state index contributed by atoms with van der Waals surface area (Å²) in [5, 5.41) is 8.65. The Morgan fingerprint density at radius 2 is 2.36 bits per heavy atom. The zero-order chi connectivity index (χ0) is 8.48. The molecular weight excluding hydrogens is 141 g/mol. The number of halogens is 1. The molecule has 0 aromatic rings. The third kappa shape index (κ3) is 1.32. The van der Waals surface area contributed by atoms with Gasteiger partial charge >= 0.3 is 0 Å². The molecule has 1 unspecified atom stereocenters. The second kappa shape index (κ2) is 2.50. The van der Waals surface area contributed by atoms with Crippen molar-refractivity contribution in [3.05, 3.63) is 23.6 Å². The van der Waals surface area contributed by atoms with E-state index in [1.54, 1.807) is 6.92 Å². The van der Waals surface area contributed by atoms with Gasteiger partial charge in [0, 0.05) is 0 Å². The highest BCUT2D eigenvalue weighted by atomic mass is 19.1. The monoisotopic (exact) mass is 151 g/mol. The van der Waals surface area contributed by atoms with Gasteiger partial charge in [0.05, 0.1) is 6.07 Å². The topological polar surface area (TPSA) is 23.8 Å². The van der Waals surface area contributed by atoms with Crippen molar-refractivity contribution >= 4 is 0 Å². The maximum Gasteiger partial charge on any atom is 0.120 e. The number of rotatable bonds is 0. The van der Waals surface area contributed by atoms with Gasteiger partial charge in [-0.25, -0.2) is 4.39 Å². The molecule has 1 rings (SSSR count). The normalized spacial score (nSPS) is 30.4. The molecule has 0 saturated heterocycles. The highest BCUT2D eigenvalue weighted by Crippen LogP contribution is 2.35. The summed E-state index contributed by atoms with van der Waals surface area (Å²) < 4.78 is 13.1. The second-order valence-corrected chi connectivity index (χ2v) is 3.09. The Morgan fingerprint density at radius 3 is 2.82 bits per heavy atom. The van der Waals surface area contributed by atoms with Crippen molar-refractivity contribution in [1.82, 2.24) is 0 Å². The number of hydrogen-bond acceptors (Lipinski definition) is 1. The molecule has 0 spiro atoms. The van der Waals surface area contributed by atoms with Gasteiger partial charge in [0.1, 0.15) is 11.2 Å². The van der Waals surface area contributed by atoms with Crippen LogP contribution in [0.5, 0.6) is 0 Å². The van der Waals surface area contributed by atoms with Crippen LogP contribution in [0.15, 0.2) is 23.6 Å². The molecule has 0 aromatic heterocycles. The molecule has 1 aliphatic carbocycles. The van der Waals surface area contributed by atoms with Gasteiger partial charge in [-0.1, -0.05) is 11.6 Å². The Hall–Kier alpha value is -1.10. The van der Waals surface area contributed by atoms with Crippen molar-refractivity contribution in [2.75, 3.05) is 0 Å². The molecule has 0 fully saturated rings. The number of nitriles is 1. The van der Waals surface area contributed by atoms with E-state index >= 15 is 0 Å². The van der Waals surface area contributed by atoms with Crippen LogP contribution in [0.1, 0.15) is 20.3 Å². The van der Waals surface area contributed by atoms with E-state index in [1.165, 1.54) is 6.08 Å². The van der Waals surface area contributed by atoms with Crippen molar-refractivity contribution in [3.63, 3.8) is 0 Å². The summed E-state index contributed by atoms with van der Waals surface area (Å²) in [6.07, 6.45) is 3.79. The van der Waals surface area contributed by atoms with Crippen molar-refractivity contribution in [2.45, 2.75) is 20.3 Å². The van der Waals surface area contributed by atoms with Gasteiger partial charge in [-0.3, -0.25) is 0 Å². The maximum absolute atomic E-state index is 13.1. The van der Waals surface area contributed by atoms with E-state index < -0.39 is 5.41 Å². The summed E-state index contributed by atoms with van der Waals surface area (Å²) in [7, 11) is 0. The fourth-order valence-electron chi connectivity index (χ4n) is 0.980. The van der Waals surface area contributed by atoms with E-state index in [9.17, 15) is 4.39 Å². The van der Waals surface area contributed by atoms with Gasteiger partial charge in [0.15, 0.2) is 0 Å². The Balaban J connectivity index is 2.99. The first-order valence-corrected chi connectivity index (χ1v) is 3.54. The van der Waals surface area contributed by atoms with Gasteiger partial charge in [0.2, 0.25) is 0 Å². The molecule has 0 saturated carbocycles. The lowest BCUT2D eigenvalue weighted by atomic mass is 9.82. The summed E-state index contributed by atoms with van der Waals surface area (Å²) in [5.74, 6) is -0.319. The lowest BCUT2D eigenvalue weighted by molar-refractivity contribution is 0.402. The van der Waals surface area contributed by atoms with Crippen molar-refractivity contribution < 1.29 is 4.39 Å². The first kappa shape index (κ1) is 8.00. The van der Waals surface area contributed by atoms with Crippen LogP contribution in [0.4, 0.5) is 4.39 Å². The highest BCUT2D eigenvalue weighted by molar-refractivity contribution is 5.32. The summed E-state index contributed by atoms with van der Waals surface area (Å²) in [6.45, 7) is 3.44. The fourth-order valence-corrected chi connectivity index (χ4v) is 0.980. The minimum Gasteiger partial charge on any atom is -0.210 e. The average molecular weight is 151 g/mol. The lowest BCUT2D eigenvalue weighted by Crippen LogP contribution is -2.16. The second-order valence-electron chi connectivity index (χ2n) is 3.09. The first-order chi connectivity index (χ1) is 5.08. The molecule has 58 valence electrons. The minimum atomic E-state index is -0.917. The minimum absolute atomic E-state index is 0.319. The Bertz CT molecular complexity index is 270. The summed E-state index contributed by atoms with van der Waals surface area (Å²) >= 11 is 0. The third-order valence-electron chi connectivity index (χ3n) is 1.96. The molecule has 0 bridgehead atoms. The fraction of sp³-hybridized carbons (Fsp3) is 0.444. The van der Waals surface area contributed by atoms with Gasteiger partial charge in [-0.05, 0) is 26.3 Å². The lowest BCUT2D eigenvalue weighted by Gasteiger charge is -2.21. The van der Waals surface area contributed by atoms with Crippen LogP contribution in [-0.2, 0) is 0 Å². The molecule has 1 nitrogen and oxygen atoms in total. The molecule has 2 heteroatoms. The van der Waals surface area contributed by atoms with E-state index in [4.69, 9.17) is 5.26 Å². The molecule has 0 radical (unpaired) electrons. The predicted molar refractivity (Wildman–Crippen MR) is 41.3 cm³/mol. The highest BCUT2D eigenvalue weighted by Gasteiger charge is 2.30. The van der Waals surface area contributed by atoms with Crippen LogP contribution < -0.4 is 0 Å². The Labute approximate surface area is 65.8 Å². The summed E-state index contributed by atoms with van der Waals surface area (Å²) in [4.78, 5) is 0. The van der Waals surface area contributed by atoms with Gasteiger partial charge in [-0.2, -0.15) is 5.26 Å². The zero-order valence-corrected chi connectivity index (χ0v) is 6.69.